The van der Waals surface area contributed by atoms with Crippen molar-refractivity contribution in [2.24, 2.45) is 0 Å². The number of nitrogens with zero attached hydrogens (tertiary/aromatic N) is 1. The van der Waals surface area contributed by atoms with Crippen molar-refractivity contribution in [3.05, 3.63) is 58.1 Å². The molecule has 0 spiro atoms. The van der Waals surface area contributed by atoms with Crippen LogP contribution in [0.3, 0.4) is 0 Å². The fourth-order valence-corrected chi connectivity index (χ4v) is 3.36. The number of hydrogen-bond acceptors (Lipinski definition) is 5. The first-order valence-electron chi connectivity index (χ1n) is 8.75. The van der Waals surface area contributed by atoms with E-state index in [-0.39, 0.29) is 17.9 Å². The van der Waals surface area contributed by atoms with Gasteiger partial charge in [-0.2, -0.15) is 0 Å². The third kappa shape index (κ3) is 3.99. The molecule has 0 saturated carbocycles. The van der Waals surface area contributed by atoms with E-state index >= 15 is 0 Å². The zero-order valence-electron chi connectivity index (χ0n) is 14.5. The normalized spacial score (nSPS) is 17.8. The molecule has 2 aliphatic rings. The number of amides is 2. The lowest BCUT2D eigenvalue weighted by atomic mass is 10.1. The van der Waals surface area contributed by atoms with Crippen LogP contribution in [0.25, 0.3) is 0 Å². The van der Waals surface area contributed by atoms with E-state index in [9.17, 15) is 9.59 Å². The third-order valence-corrected chi connectivity index (χ3v) is 5.02. The van der Waals surface area contributed by atoms with Crippen molar-refractivity contribution in [1.29, 1.82) is 0 Å². The van der Waals surface area contributed by atoms with Gasteiger partial charge < -0.3 is 14.2 Å². The van der Waals surface area contributed by atoms with Gasteiger partial charge in [-0.05, 0) is 52.7 Å². The largest absolute Gasteiger partial charge is 0.493 e. The topological polar surface area (TPSA) is 68.4 Å². The van der Waals surface area contributed by atoms with E-state index in [0.29, 0.717) is 43.1 Å². The Morgan fingerprint density at radius 3 is 2.41 bits per heavy atom. The molecule has 27 heavy (non-hydrogen) atoms. The van der Waals surface area contributed by atoms with Gasteiger partial charge in [0, 0.05) is 6.54 Å². The second-order valence-electron chi connectivity index (χ2n) is 6.37. The molecule has 7 heteroatoms. The summed E-state index contributed by atoms with van der Waals surface area (Å²) in [6, 6.07) is 12.4. The van der Waals surface area contributed by atoms with Crippen LogP contribution in [0.4, 0.5) is 0 Å². The van der Waals surface area contributed by atoms with Gasteiger partial charge in [-0.25, -0.2) is 0 Å². The summed E-state index contributed by atoms with van der Waals surface area (Å²) in [4.78, 5) is 25.9. The number of hydrogen-bond donors (Lipinski definition) is 0. The summed E-state index contributed by atoms with van der Waals surface area (Å²) in [5.41, 5.74) is 0.944. The van der Waals surface area contributed by atoms with Gasteiger partial charge in [0.25, 0.3) is 11.8 Å². The van der Waals surface area contributed by atoms with Crippen LogP contribution in [0.1, 0.15) is 27.1 Å². The minimum atomic E-state index is -0.237. The lowest BCUT2D eigenvalue weighted by molar-refractivity contribution is 0.0646. The molecule has 2 aromatic carbocycles. The molecule has 0 aromatic heterocycles. The second kappa shape index (κ2) is 7.70. The Kier molecular flexibility index (Phi) is 5.13. The van der Waals surface area contributed by atoms with E-state index in [0.717, 1.165) is 16.8 Å². The molecular formula is C20H18BrNO5. The molecule has 0 unspecified atom stereocenters. The maximum atomic E-state index is 12.3. The van der Waals surface area contributed by atoms with Crippen LogP contribution in [-0.4, -0.2) is 49.2 Å². The summed E-state index contributed by atoms with van der Waals surface area (Å²) < 4.78 is 17.3. The van der Waals surface area contributed by atoms with Crippen LogP contribution in [0.15, 0.2) is 46.9 Å². The molecule has 4 rings (SSSR count). The van der Waals surface area contributed by atoms with E-state index in [4.69, 9.17) is 14.2 Å². The van der Waals surface area contributed by atoms with Gasteiger partial charge in [-0.3, -0.25) is 14.5 Å². The molecule has 0 radical (unpaired) electrons. The van der Waals surface area contributed by atoms with Crippen molar-refractivity contribution in [3.63, 3.8) is 0 Å². The number of fused-ring (bicyclic) bond motifs is 1. The molecule has 0 N–H and O–H groups in total. The van der Waals surface area contributed by atoms with E-state index in [1.165, 1.54) is 4.90 Å². The lowest BCUT2D eigenvalue weighted by Crippen LogP contribution is -2.31. The Hall–Kier alpha value is -2.38. The van der Waals surface area contributed by atoms with Crippen molar-refractivity contribution in [3.8, 4) is 11.5 Å². The van der Waals surface area contributed by atoms with E-state index in [2.05, 4.69) is 15.9 Å². The predicted molar refractivity (Wildman–Crippen MR) is 101 cm³/mol. The minimum absolute atomic E-state index is 0.204. The van der Waals surface area contributed by atoms with Crippen molar-refractivity contribution >= 4 is 27.7 Å². The number of halogens is 1. The van der Waals surface area contributed by atoms with Gasteiger partial charge in [0.1, 0.15) is 24.2 Å². The third-order valence-electron chi connectivity index (χ3n) is 4.40. The summed E-state index contributed by atoms with van der Waals surface area (Å²) in [5.74, 6) is 0.960. The molecule has 0 bridgehead atoms. The number of benzene rings is 2. The van der Waals surface area contributed by atoms with Gasteiger partial charge in [-0.15, -0.1) is 0 Å². The standard InChI is InChI=1S/C20H18BrNO5/c21-17-10-13(6-7-18(17)27-12-14-11-26-14)25-9-3-8-22-19(23)15-4-1-2-5-16(15)20(22)24/h1-2,4-7,10,14H,3,8-9,11-12H2/t14-/m0/s1. The highest BCUT2D eigenvalue weighted by Crippen LogP contribution is 2.30. The van der Waals surface area contributed by atoms with Crippen molar-refractivity contribution in [2.45, 2.75) is 12.5 Å². The zero-order valence-corrected chi connectivity index (χ0v) is 16.1. The summed E-state index contributed by atoms with van der Waals surface area (Å²) in [7, 11) is 0. The highest BCUT2D eigenvalue weighted by Gasteiger charge is 2.34. The Bertz CT molecular complexity index is 845. The molecule has 2 aliphatic heterocycles. The molecule has 2 amide bonds. The highest BCUT2D eigenvalue weighted by molar-refractivity contribution is 9.10. The van der Waals surface area contributed by atoms with E-state index in [1.54, 1.807) is 24.3 Å². The fourth-order valence-electron chi connectivity index (χ4n) is 2.89. The molecule has 140 valence electrons. The minimum Gasteiger partial charge on any atom is -0.493 e. The summed E-state index contributed by atoms with van der Waals surface area (Å²) in [6.45, 7) is 2.02. The molecular weight excluding hydrogens is 414 g/mol. The van der Waals surface area contributed by atoms with Crippen molar-refractivity contribution in [1.82, 2.24) is 4.90 Å². The Labute approximate surface area is 165 Å². The first-order valence-corrected chi connectivity index (χ1v) is 9.55. The smallest absolute Gasteiger partial charge is 0.261 e. The van der Waals surface area contributed by atoms with E-state index < -0.39 is 0 Å². The number of ether oxygens (including phenoxy) is 3. The fraction of sp³-hybridized carbons (Fsp3) is 0.300. The Morgan fingerprint density at radius 1 is 1.07 bits per heavy atom. The maximum absolute atomic E-state index is 12.3. The molecule has 2 heterocycles. The average Bonchev–Trinajstić information content (AvgIpc) is 3.47. The number of carbonyl (C=O) groups is 2. The van der Waals surface area contributed by atoms with Crippen LogP contribution in [0.5, 0.6) is 11.5 Å². The monoisotopic (exact) mass is 431 g/mol. The molecule has 2 aromatic rings. The number of carbonyl (C=O) groups excluding carboxylic acids is 2. The average molecular weight is 432 g/mol. The summed E-state index contributed by atoms with van der Waals surface area (Å²) in [5, 5.41) is 0. The predicted octanol–water partition coefficient (Wildman–Crippen LogP) is 3.29. The van der Waals surface area contributed by atoms with Gasteiger partial charge in [0.2, 0.25) is 0 Å². The van der Waals surface area contributed by atoms with Crippen LogP contribution >= 0.6 is 15.9 Å². The number of rotatable bonds is 8. The lowest BCUT2D eigenvalue weighted by Gasteiger charge is -2.14. The molecule has 1 saturated heterocycles. The Morgan fingerprint density at radius 2 is 1.78 bits per heavy atom. The van der Waals surface area contributed by atoms with Crippen molar-refractivity contribution < 1.29 is 23.8 Å². The molecule has 1 atom stereocenters. The first-order chi connectivity index (χ1) is 13.1. The number of imide groups is 1. The van der Waals surface area contributed by atoms with Gasteiger partial charge >= 0.3 is 0 Å². The van der Waals surface area contributed by atoms with Crippen LogP contribution in [-0.2, 0) is 4.74 Å². The highest BCUT2D eigenvalue weighted by atomic mass is 79.9. The van der Waals surface area contributed by atoms with Gasteiger partial charge in [0.15, 0.2) is 0 Å². The van der Waals surface area contributed by atoms with Gasteiger partial charge in [-0.1, -0.05) is 12.1 Å². The SMILES string of the molecule is O=C1c2ccccc2C(=O)N1CCCOc1ccc(OC[C@@H]2CO2)c(Br)c1. The van der Waals surface area contributed by atoms with Crippen molar-refractivity contribution in [2.75, 3.05) is 26.4 Å². The summed E-state index contributed by atoms with van der Waals surface area (Å²) in [6.07, 6.45) is 0.760. The summed E-state index contributed by atoms with van der Waals surface area (Å²) >= 11 is 3.47. The maximum Gasteiger partial charge on any atom is 0.261 e. The second-order valence-corrected chi connectivity index (χ2v) is 7.22. The van der Waals surface area contributed by atoms with Crippen LogP contribution in [0.2, 0.25) is 0 Å². The number of epoxide rings is 1. The first kappa shape index (κ1) is 18.0. The van der Waals surface area contributed by atoms with Crippen LogP contribution < -0.4 is 9.47 Å². The van der Waals surface area contributed by atoms with Crippen LogP contribution in [0, 0.1) is 0 Å². The Balaban J connectivity index is 1.26. The quantitative estimate of drug-likeness (QED) is 0.364. The van der Waals surface area contributed by atoms with Gasteiger partial charge in [0.05, 0.1) is 28.8 Å². The zero-order chi connectivity index (χ0) is 18.8. The van der Waals surface area contributed by atoms with E-state index in [1.807, 2.05) is 18.2 Å². The molecule has 1 fully saturated rings. The molecule has 6 nitrogen and oxygen atoms in total. The molecule has 0 aliphatic carbocycles.